The Hall–Kier alpha value is -1.83. The van der Waals surface area contributed by atoms with Gasteiger partial charge in [0, 0.05) is 31.9 Å². The van der Waals surface area contributed by atoms with Gasteiger partial charge >= 0.3 is 6.18 Å². The van der Waals surface area contributed by atoms with Crippen molar-refractivity contribution >= 4 is 11.7 Å². The first-order valence-electron chi connectivity index (χ1n) is 10.1. The number of alkyl halides is 3. The predicted molar refractivity (Wildman–Crippen MR) is 97.7 cm³/mol. The second-order valence-electron chi connectivity index (χ2n) is 8.42. The number of piperidine rings is 1. The maximum atomic E-state index is 13.3. The smallest absolute Gasteiger partial charge is 0.393 e. The Balaban J connectivity index is 1.47. The zero-order chi connectivity index (χ0) is 19.9. The van der Waals surface area contributed by atoms with Crippen molar-refractivity contribution in [3.63, 3.8) is 0 Å². The maximum absolute atomic E-state index is 13.3. The van der Waals surface area contributed by atoms with Gasteiger partial charge in [0.25, 0.3) is 0 Å². The first kappa shape index (κ1) is 19.5. The second kappa shape index (κ2) is 7.21. The summed E-state index contributed by atoms with van der Waals surface area (Å²) in [6.07, 6.45) is 1.80. The molecule has 1 aliphatic carbocycles. The lowest BCUT2D eigenvalue weighted by atomic mass is 9.78. The van der Waals surface area contributed by atoms with E-state index in [-0.39, 0.29) is 18.1 Å². The standard InChI is InChI=1S/C20H26F3N3O2/c21-20(22,23)14-2-7-17(24-12-14)25-10-1-8-19(13-25)9-11-26(18(19)28)15-3-5-16(27)6-4-15/h2,7,12,15-16,27H,1,3-6,8-11,13H2/t15-,16-,19-/m1/s1. The van der Waals surface area contributed by atoms with Crippen LogP contribution in [0.2, 0.25) is 0 Å². The lowest BCUT2D eigenvalue weighted by molar-refractivity contribution is -0.139. The SMILES string of the molecule is O=C1N([C@H]2CC[C@H](O)CC2)CC[C@@]12CCCN(c1ccc(C(F)(F)F)cn1)C2. The number of anilines is 1. The Morgan fingerprint density at radius 1 is 1.11 bits per heavy atom. The molecular formula is C20H26F3N3O2. The summed E-state index contributed by atoms with van der Waals surface area (Å²) in [5.41, 5.74) is -1.22. The molecule has 1 atom stereocenters. The van der Waals surface area contributed by atoms with Crippen LogP contribution in [0.3, 0.4) is 0 Å². The molecule has 0 unspecified atom stereocenters. The minimum Gasteiger partial charge on any atom is -0.393 e. The average Bonchev–Trinajstić information content (AvgIpc) is 2.98. The topological polar surface area (TPSA) is 56.7 Å². The van der Waals surface area contributed by atoms with E-state index in [1.54, 1.807) is 0 Å². The molecule has 8 heteroatoms. The van der Waals surface area contributed by atoms with Crippen LogP contribution in [0.25, 0.3) is 0 Å². The molecule has 1 N–H and O–H groups in total. The third-order valence-electron chi connectivity index (χ3n) is 6.63. The van der Waals surface area contributed by atoms with Crippen molar-refractivity contribution < 1.29 is 23.1 Å². The highest BCUT2D eigenvalue weighted by molar-refractivity contribution is 5.86. The highest BCUT2D eigenvalue weighted by Gasteiger charge is 2.50. The minimum atomic E-state index is -4.40. The monoisotopic (exact) mass is 397 g/mol. The van der Waals surface area contributed by atoms with Gasteiger partial charge in [0.15, 0.2) is 0 Å². The number of pyridine rings is 1. The fraction of sp³-hybridized carbons (Fsp3) is 0.700. The molecule has 1 spiro atoms. The summed E-state index contributed by atoms with van der Waals surface area (Å²) in [7, 11) is 0. The van der Waals surface area contributed by atoms with Gasteiger partial charge < -0.3 is 14.9 Å². The van der Waals surface area contributed by atoms with Crippen LogP contribution in [0.1, 0.15) is 50.5 Å². The number of amides is 1. The summed E-state index contributed by atoms with van der Waals surface area (Å²) in [6, 6.07) is 2.66. The number of aromatic nitrogens is 1. The average molecular weight is 397 g/mol. The van der Waals surface area contributed by atoms with Crippen LogP contribution in [-0.2, 0) is 11.0 Å². The summed E-state index contributed by atoms with van der Waals surface area (Å²) < 4.78 is 38.3. The zero-order valence-electron chi connectivity index (χ0n) is 15.8. The van der Waals surface area contributed by atoms with Gasteiger partial charge in [-0.15, -0.1) is 0 Å². The summed E-state index contributed by atoms with van der Waals surface area (Å²) in [4.78, 5) is 21.3. The first-order chi connectivity index (χ1) is 13.3. The molecule has 4 rings (SSSR count). The van der Waals surface area contributed by atoms with E-state index in [4.69, 9.17) is 0 Å². The quantitative estimate of drug-likeness (QED) is 0.833. The second-order valence-corrected chi connectivity index (χ2v) is 8.42. The Morgan fingerprint density at radius 2 is 1.86 bits per heavy atom. The molecule has 1 aromatic heterocycles. The van der Waals surface area contributed by atoms with Crippen LogP contribution in [0, 0.1) is 5.41 Å². The number of aliphatic hydroxyl groups excluding tert-OH is 1. The van der Waals surface area contributed by atoms with Crippen molar-refractivity contribution in [3.8, 4) is 0 Å². The van der Waals surface area contributed by atoms with Crippen molar-refractivity contribution in [2.45, 2.75) is 63.3 Å². The number of hydrogen-bond donors (Lipinski definition) is 1. The lowest BCUT2D eigenvalue weighted by Crippen LogP contribution is -2.50. The largest absolute Gasteiger partial charge is 0.417 e. The molecule has 154 valence electrons. The van der Waals surface area contributed by atoms with Gasteiger partial charge in [-0.1, -0.05) is 0 Å². The fourth-order valence-corrected chi connectivity index (χ4v) is 5.01. The Morgan fingerprint density at radius 3 is 2.50 bits per heavy atom. The Kier molecular flexibility index (Phi) is 5.02. The summed E-state index contributed by atoms with van der Waals surface area (Å²) in [6.45, 7) is 1.94. The number of halogens is 3. The third-order valence-corrected chi connectivity index (χ3v) is 6.63. The molecule has 3 fully saturated rings. The molecule has 2 saturated heterocycles. The van der Waals surface area contributed by atoms with E-state index in [0.717, 1.165) is 63.8 Å². The van der Waals surface area contributed by atoms with Gasteiger partial charge in [-0.25, -0.2) is 4.98 Å². The molecule has 28 heavy (non-hydrogen) atoms. The molecule has 0 radical (unpaired) electrons. The van der Waals surface area contributed by atoms with Crippen LogP contribution in [0.15, 0.2) is 18.3 Å². The molecule has 1 aromatic rings. The van der Waals surface area contributed by atoms with E-state index < -0.39 is 17.2 Å². The molecular weight excluding hydrogens is 371 g/mol. The number of rotatable bonds is 2. The van der Waals surface area contributed by atoms with Crippen molar-refractivity contribution in [1.29, 1.82) is 0 Å². The van der Waals surface area contributed by atoms with Crippen molar-refractivity contribution in [3.05, 3.63) is 23.9 Å². The van der Waals surface area contributed by atoms with E-state index in [0.29, 0.717) is 18.9 Å². The van der Waals surface area contributed by atoms with E-state index in [1.165, 1.54) is 6.07 Å². The van der Waals surface area contributed by atoms with Crippen molar-refractivity contribution in [1.82, 2.24) is 9.88 Å². The van der Waals surface area contributed by atoms with E-state index in [2.05, 4.69) is 4.98 Å². The molecule has 5 nitrogen and oxygen atoms in total. The number of carbonyl (C=O) groups excluding carboxylic acids is 1. The molecule has 1 amide bonds. The molecule has 2 aliphatic heterocycles. The number of aliphatic hydroxyl groups is 1. The molecule has 0 aromatic carbocycles. The minimum absolute atomic E-state index is 0.172. The summed E-state index contributed by atoms with van der Waals surface area (Å²) >= 11 is 0. The van der Waals surface area contributed by atoms with Crippen LogP contribution in [0.4, 0.5) is 19.0 Å². The number of nitrogens with zero attached hydrogens (tertiary/aromatic N) is 3. The number of hydrogen-bond acceptors (Lipinski definition) is 4. The van der Waals surface area contributed by atoms with Crippen LogP contribution < -0.4 is 4.90 Å². The van der Waals surface area contributed by atoms with E-state index >= 15 is 0 Å². The van der Waals surface area contributed by atoms with Crippen molar-refractivity contribution in [2.75, 3.05) is 24.5 Å². The van der Waals surface area contributed by atoms with Crippen LogP contribution in [-0.4, -0.2) is 52.7 Å². The first-order valence-corrected chi connectivity index (χ1v) is 10.1. The third kappa shape index (κ3) is 3.58. The van der Waals surface area contributed by atoms with Gasteiger partial charge in [-0.2, -0.15) is 13.2 Å². The number of carbonyl (C=O) groups is 1. The van der Waals surface area contributed by atoms with Gasteiger partial charge in [0.05, 0.1) is 17.1 Å². The van der Waals surface area contributed by atoms with Crippen LogP contribution >= 0.6 is 0 Å². The van der Waals surface area contributed by atoms with Gasteiger partial charge in [0.2, 0.25) is 5.91 Å². The zero-order valence-corrected chi connectivity index (χ0v) is 15.8. The molecule has 3 aliphatic rings. The van der Waals surface area contributed by atoms with Crippen molar-refractivity contribution in [2.24, 2.45) is 5.41 Å². The van der Waals surface area contributed by atoms with E-state index in [9.17, 15) is 23.1 Å². The van der Waals surface area contributed by atoms with Crippen LogP contribution in [0.5, 0.6) is 0 Å². The van der Waals surface area contributed by atoms with Gasteiger partial charge in [-0.3, -0.25) is 4.79 Å². The van der Waals surface area contributed by atoms with Gasteiger partial charge in [-0.05, 0) is 57.1 Å². The summed E-state index contributed by atoms with van der Waals surface area (Å²) in [5, 5.41) is 9.72. The lowest BCUT2D eigenvalue weighted by Gasteiger charge is -2.41. The van der Waals surface area contributed by atoms with E-state index in [1.807, 2.05) is 9.80 Å². The Bertz CT molecular complexity index is 716. The highest BCUT2D eigenvalue weighted by Crippen LogP contribution is 2.43. The Labute approximate surface area is 162 Å². The predicted octanol–water partition coefficient (Wildman–Crippen LogP) is 3.22. The summed E-state index contributed by atoms with van der Waals surface area (Å²) in [5.74, 6) is 0.671. The molecule has 3 heterocycles. The fourth-order valence-electron chi connectivity index (χ4n) is 5.01. The maximum Gasteiger partial charge on any atom is 0.417 e. The van der Waals surface area contributed by atoms with Gasteiger partial charge in [0.1, 0.15) is 5.82 Å². The number of likely N-dealkylation sites (tertiary alicyclic amines) is 1. The highest BCUT2D eigenvalue weighted by atomic mass is 19.4. The molecule has 0 bridgehead atoms. The molecule has 1 saturated carbocycles. The normalized spacial score (nSPS) is 31.6.